The van der Waals surface area contributed by atoms with Gasteiger partial charge in [-0.3, -0.25) is 0 Å². The molecule has 1 aromatic carbocycles. The van der Waals surface area contributed by atoms with Gasteiger partial charge in [0.15, 0.2) is 0 Å². The summed E-state index contributed by atoms with van der Waals surface area (Å²) in [4.78, 5) is -0.164. The van der Waals surface area contributed by atoms with Gasteiger partial charge in [-0.05, 0) is 31.5 Å². The van der Waals surface area contributed by atoms with Crippen LogP contribution in [-0.4, -0.2) is 34.9 Å². The van der Waals surface area contributed by atoms with Gasteiger partial charge in [-0.25, -0.2) is 21.6 Å². The lowest BCUT2D eigenvalue weighted by molar-refractivity contribution is 0.564. The number of nitrogen functional groups attached to an aromatic ring is 1. The zero-order valence-electron chi connectivity index (χ0n) is 11.3. The molecule has 1 atom stereocenters. The Morgan fingerprint density at radius 2 is 1.85 bits per heavy atom. The van der Waals surface area contributed by atoms with Gasteiger partial charge in [-0.15, -0.1) is 0 Å². The average molecular weight is 341 g/mol. The van der Waals surface area contributed by atoms with Crippen LogP contribution in [0.4, 0.5) is 5.69 Å². The van der Waals surface area contributed by atoms with Crippen molar-refractivity contribution in [1.29, 1.82) is 0 Å². The number of halogens is 1. The van der Waals surface area contributed by atoms with Crippen LogP contribution in [0.5, 0.6) is 0 Å². The first-order chi connectivity index (χ1) is 8.92. The van der Waals surface area contributed by atoms with E-state index in [1.54, 1.807) is 6.92 Å². The Labute approximate surface area is 124 Å². The van der Waals surface area contributed by atoms with E-state index in [1.807, 2.05) is 0 Å². The first kappa shape index (κ1) is 17.2. The molecular formula is C11H17ClN2O4S2. The van der Waals surface area contributed by atoms with Crippen molar-refractivity contribution >= 4 is 37.1 Å². The van der Waals surface area contributed by atoms with Gasteiger partial charge in [0, 0.05) is 18.0 Å². The Bertz CT molecular complexity index is 714. The van der Waals surface area contributed by atoms with Crippen molar-refractivity contribution in [1.82, 2.24) is 4.72 Å². The summed E-state index contributed by atoms with van der Waals surface area (Å²) in [6, 6.07) is 1.94. The summed E-state index contributed by atoms with van der Waals surface area (Å²) in [5.41, 5.74) is 6.63. The van der Waals surface area contributed by atoms with E-state index < -0.39 is 25.9 Å². The number of anilines is 1. The molecular weight excluding hydrogens is 324 g/mol. The van der Waals surface area contributed by atoms with Gasteiger partial charge < -0.3 is 5.73 Å². The molecule has 6 nitrogen and oxygen atoms in total. The van der Waals surface area contributed by atoms with Crippen LogP contribution in [0.1, 0.15) is 12.5 Å². The quantitative estimate of drug-likeness (QED) is 0.776. The predicted octanol–water partition coefficient (Wildman–Crippen LogP) is 0.942. The van der Waals surface area contributed by atoms with Crippen LogP contribution in [0.25, 0.3) is 0 Å². The third-order valence-corrected chi connectivity index (χ3v) is 5.68. The fourth-order valence-corrected chi connectivity index (χ4v) is 4.65. The Hall–Kier alpha value is -0.830. The Morgan fingerprint density at radius 3 is 2.35 bits per heavy atom. The maximum Gasteiger partial charge on any atom is 0.242 e. The van der Waals surface area contributed by atoms with Crippen LogP contribution in [0.3, 0.4) is 0 Å². The fourth-order valence-electron chi connectivity index (χ4n) is 1.69. The molecule has 3 N–H and O–H groups in total. The second kappa shape index (κ2) is 5.88. The molecule has 0 radical (unpaired) electrons. The Kier molecular flexibility index (Phi) is 5.07. The molecule has 1 rings (SSSR count). The molecule has 0 saturated heterocycles. The SMILES string of the molecule is Cc1cc(Cl)c(S(=O)(=O)NC(C)CS(C)(=O)=O)cc1N. The highest BCUT2D eigenvalue weighted by molar-refractivity contribution is 7.91. The number of hydrogen-bond donors (Lipinski definition) is 2. The molecule has 20 heavy (non-hydrogen) atoms. The van der Waals surface area contributed by atoms with Crippen LogP contribution in [0.2, 0.25) is 5.02 Å². The van der Waals surface area contributed by atoms with E-state index in [0.29, 0.717) is 11.3 Å². The minimum atomic E-state index is -3.93. The van der Waals surface area contributed by atoms with Gasteiger partial charge in [0.05, 0.1) is 10.8 Å². The predicted molar refractivity (Wildman–Crippen MR) is 80.1 cm³/mol. The second-order valence-electron chi connectivity index (χ2n) is 4.75. The van der Waals surface area contributed by atoms with Crippen molar-refractivity contribution in [2.24, 2.45) is 0 Å². The normalized spacial score (nSPS) is 14.2. The highest BCUT2D eigenvalue weighted by atomic mass is 35.5. The summed E-state index contributed by atoms with van der Waals surface area (Å²) in [5.74, 6) is -0.300. The van der Waals surface area contributed by atoms with E-state index in [-0.39, 0.29) is 15.7 Å². The Morgan fingerprint density at radius 1 is 1.30 bits per heavy atom. The zero-order chi connectivity index (χ0) is 15.7. The van der Waals surface area contributed by atoms with E-state index in [2.05, 4.69) is 4.72 Å². The number of sulfone groups is 1. The van der Waals surface area contributed by atoms with Gasteiger partial charge in [-0.2, -0.15) is 0 Å². The van der Waals surface area contributed by atoms with Crippen molar-refractivity contribution in [2.75, 3.05) is 17.7 Å². The largest absolute Gasteiger partial charge is 0.398 e. The fraction of sp³-hybridized carbons (Fsp3) is 0.455. The molecule has 0 fully saturated rings. The monoisotopic (exact) mass is 340 g/mol. The smallest absolute Gasteiger partial charge is 0.242 e. The lowest BCUT2D eigenvalue weighted by Crippen LogP contribution is -2.37. The third kappa shape index (κ3) is 4.62. The molecule has 1 unspecified atom stereocenters. The summed E-state index contributed by atoms with van der Waals surface area (Å²) in [7, 11) is -7.22. The van der Waals surface area contributed by atoms with Crippen molar-refractivity contribution in [3.8, 4) is 0 Å². The number of nitrogens with one attached hydrogen (secondary N) is 1. The molecule has 9 heteroatoms. The van der Waals surface area contributed by atoms with Gasteiger partial charge in [0.1, 0.15) is 14.7 Å². The van der Waals surface area contributed by atoms with Crippen molar-refractivity contribution < 1.29 is 16.8 Å². The molecule has 0 amide bonds. The molecule has 0 aliphatic rings. The average Bonchev–Trinajstić information content (AvgIpc) is 2.19. The van der Waals surface area contributed by atoms with Crippen LogP contribution in [-0.2, 0) is 19.9 Å². The van der Waals surface area contributed by atoms with Gasteiger partial charge in [0.25, 0.3) is 0 Å². The molecule has 0 aromatic heterocycles. The molecule has 114 valence electrons. The van der Waals surface area contributed by atoms with Crippen LogP contribution < -0.4 is 10.5 Å². The van der Waals surface area contributed by atoms with Crippen LogP contribution in [0, 0.1) is 6.92 Å². The lowest BCUT2D eigenvalue weighted by Gasteiger charge is -2.15. The minimum absolute atomic E-state index is 0.0377. The van der Waals surface area contributed by atoms with E-state index >= 15 is 0 Å². The summed E-state index contributed by atoms with van der Waals surface area (Å²) in [6.07, 6.45) is 1.04. The highest BCUT2D eigenvalue weighted by Gasteiger charge is 2.23. The minimum Gasteiger partial charge on any atom is -0.398 e. The second-order valence-corrected chi connectivity index (χ2v) is 9.03. The first-order valence-corrected chi connectivity index (χ1v) is 9.60. The number of aryl methyl sites for hydroxylation is 1. The maximum atomic E-state index is 12.2. The molecule has 0 saturated carbocycles. The number of hydrogen-bond acceptors (Lipinski definition) is 5. The van der Waals surface area contributed by atoms with Crippen molar-refractivity contribution in [3.05, 3.63) is 22.7 Å². The highest BCUT2D eigenvalue weighted by Crippen LogP contribution is 2.26. The lowest BCUT2D eigenvalue weighted by atomic mass is 10.2. The van der Waals surface area contributed by atoms with E-state index in [4.69, 9.17) is 17.3 Å². The maximum absolute atomic E-state index is 12.2. The molecule has 0 spiro atoms. The zero-order valence-corrected chi connectivity index (χ0v) is 13.7. The third-order valence-electron chi connectivity index (χ3n) is 2.52. The molecule has 0 heterocycles. The number of nitrogens with two attached hydrogens (primary N) is 1. The van der Waals surface area contributed by atoms with Gasteiger partial charge >= 0.3 is 0 Å². The van der Waals surface area contributed by atoms with E-state index in [0.717, 1.165) is 6.26 Å². The molecule has 0 bridgehead atoms. The van der Waals surface area contributed by atoms with Gasteiger partial charge in [0.2, 0.25) is 10.0 Å². The van der Waals surface area contributed by atoms with Crippen molar-refractivity contribution in [2.45, 2.75) is 24.8 Å². The molecule has 0 aliphatic heterocycles. The number of rotatable bonds is 5. The molecule has 1 aromatic rings. The summed E-state index contributed by atoms with van der Waals surface area (Å²) >= 11 is 5.91. The Balaban J connectivity index is 3.09. The number of benzene rings is 1. The van der Waals surface area contributed by atoms with Gasteiger partial charge in [-0.1, -0.05) is 11.6 Å². The van der Waals surface area contributed by atoms with Crippen LogP contribution in [0.15, 0.2) is 17.0 Å². The first-order valence-electron chi connectivity index (χ1n) is 5.68. The number of sulfonamides is 1. The standard InChI is InChI=1S/C11H17ClN2O4S2/c1-7-4-9(12)11(5-10(7)13)20(17,18)14-8(2)6-19(3,15)16/h4-5,8,14H,6,13H2,1-3H3. The van der Waals surface area contributed by atoms with E-state index in [9.17, 15) is 16.8 Å². The molecule has 0 aliphatic carbocycles. The van der Waals surface area contributed by atoms with E-state index in [1.165, 1.54) is 19.1 Å². The van der Waals surface area contributed by atoms with Crippen molar-refractivity contribution in [3.63, 3.8) is 0 Å². The summed E-state index contributed by atoms with van der Waals surface area (Å²) < 4.78 is 48.9. The summed E-state index contributed by atoms with van der Waals surface area (Å²) in [6.45, 7) is 3.17. The topological polar surface area (TPSA) is 106 Å². The summed E-state index contributed by atoms with van der Waals surface area (Å²) in [5, 5.41) is 0.0377. The van der Waals surface area contributed by atoms with Crippen LogP contribution >= 0.6 is 11.6 Å².